The van der Waals surface area contributed by atoms with Gasteiger partial charge in [0.2, 0.25) is 11.8 Å². The summed E-state index contributed by atoms with van der Waals surface area (Å²) in [6.45, 7) is 4.72. The molecule has 0 saturated carbocycles. The minimum absolute atomic E-state index is 0. The van der Waals surface area contributed by atoms with E-state index >= 15 is 0 Å². The molecule has 0 aliphatic carbocycles. The van der Waals surface area contributed by atoms with Crippen molar-refractivity contribution < 1.29 is 14.3 Å². The summed E-state index contributed by atoms with van der Waals surface area (Å²) < 4.78 is 5.38. The molecule has 25 heavy (non-hydrogen) atoms. The molecule has 2 rings (SSSR count). The molecular formula is C18H28ClN3O3. The summed E-state index contributed by atoms with van der Waals surface area (Å²) in [5.41, 5.74) is 7.23. The highest BCUT2D eigenvalue weighted by atomic mass is 35.5. The maximum absolute atomic E-state index is 12.2. The fraction of sp³-hybridized carbons (Fsp3) is 0.556. The molecule has 1 aliphatic heterocycles. The zero-order valence-electron chi connectivity index (χ0n) is 15.1. The Morgan fingerprint density at radius 3 is 2.68 bits per heavy atom. The molecule has 6 nitrogen and oxygen atoms in total. The Morgan fingerprint density at radius 1 is 1.36 bits per heavy atom. The molecule has 7 heteroatoms. The Bertz CT molecular complexity index is 607. The van der Waals surface area contributed by atoms with Gasteiger partial charge in [0.15, 0.2) is 0 Å². The molecule has 0 aromatic heterocycles. The van der Waals surface area contributed by atoms with Gasteiger partial charge in [0.25, 0.3) is 0 Å². The van der Waals surface area contributed by atoms with Crippen LogP contribution in [0.15, 0.2) is 18.2 Å². The first-order valence-corrected chi connectivity index (χ1v) is 8.47. The maximum Gasteiger partial charge on any atom is 0.241 e. The van der Waals surface area contributed by atoms with Crippen LogP contribution in [-0.2, 0) is 9.59 Å². The van der Waals surface area contributed by atoms with Crippen molar-refractivity contribution in [3.05, 3.63) is 18.2 Å². The number of hydrogen-bond acceptors (Lipinski definition) is 4. The number of halogens is 1. The van der Waals surface area contributed by atoms with E-state index in [-0.39, 0.29) is 24.2 Å². The maximum atomic E-state index is 12.2. The van der Waals surface area contributed by atoms with Crippen LogP contribution in [0, 0.1) is 5.92 Å². The predicted octanol–water partition coefficient (Wildman–Crippen LogP) is 2.95. The summed E-state index contributed by atoms with van der Waals surface area (Å²) in [7, 11) is 1.57. The Morgan fingerprint density at radius 2 is 2.08 bits per heavy atom. The molecule has 140 valence electrons. The van der Waals surface area contributed by atoms with Crippen molar-refractivity contribution >= 4 is 35.6 Å². The molecule has 1 aromatic carbocycles. The average Bonchev–Trinajstić information content (AvgIpc) is 2.54. The number of piperidine rings is 1. The van der Waals surface area contributed by atoms with Crippen LogP contribution in [0.25, 0.3) is 0 Å². The lowest BCUT2D eigenvalue weighted by molar-refractivity contribution is -0.119. The number of nitrogens with zero attached hydrogens (tertiary/aromatic N) is 1. The lowest BCUT2D eigenvalue weighted by atomic mass is 10.0. The van der Waals surface area contributed by atoms with E-state index in [9.17, 15) is 9.59 Å². The van der Waals surface area contributed by atoms with Crippen molar-refractivity contribution in [3.63, 3.8) is 0 Å². The van der Waals surface area contributed by atoms with Crippen LogP contribution in [0.1, 0.15) is 39.5 Å². The van der Waals surface area contributed by atoms with Gasteiger partial charge in [-0.25, -0.2) is 0 Å². The van der Waals surface area contributed by atoms with Gasteiger partial charge in [-0.05, 0) is 43.4 Å². The predicted molar refractivity (Wildman–Crippen MR) is 103 cm³/mol. The summed E-state index contributed by atoms with van der Waals surface area (Å²) in [6.07, 6.45) is 3.04. The van der Waals surface area contributed by atoms with Gasteiger partial charge < -0.3 is 20.7 Å². The monoisotopic (exact) mass is 369 g/mol. The van der Waals surface area contributed by atoms with E-state index in [1.165, 1.54) is 0 Å². The highest BCUT2D eigenvalue weighted by Gasteiger charge is 2.23. The number of ether oxygens (including phenoxy) is 1. The van der Waals surface area contributed by atoms with Crippen molar-refractivity contribution in [1.29, 1.82) is 0 Å². The topological polar surface area (TPSA) is 84.7 Å². The third-order valence-corrected chi connectivity index (χ3v) is 4.12. The second-order valence-corrected chi connectivity index (χ2v) is 6.61. The first-order valence-electron chi connectivity index (χ1n) is 8.47. The number of methoxy groups -OCH3 is 1. The fourth-order valence-corrected chi connectivity index (χ4v) is 2.89. The van der Waals surface area contributed by atoms with E-state index in [4.69, 9.17) is 10.5 Å². The van der Waals surface area contributed by atoms with Gasteiger partial charge in [-0.3, -0.25) is 9.59 Å². The van der Waals surface area contributed by atoms with Gasteiger partial charge in [-0.1, -0.05) is 13.8 Å². The Hall–Kier alpha value is -1.79. The van der Waals surface area contributed by atoms with Crippen LogP contribution in [-0.4, -0.2) is 31.5 Å². The molecule has 2 amide bonds. The Balaban J connectivity index is 0.00000312. The number of hydrogen-bond donors (Lipinski definition) is 2. The molecule has 0 bridgehead atoms. The van der Waals surface area contributed by atoms with Crippen LogP contribution in [0.3, 0.4) is 0 Å². The summed E-state index contributed by atoms with van der Waals surface area (Å²) in [5.74, 6) is 0.835. The smallest absolute Gasteiger partial charge is 0.241 e. The molecule has 1 heterocycles. The number of benzene rings is 1. The number of nitrogens with one attached hydrogen (secondary N) is 1. The van der Waals surface area contributed by atoms with E-state index in [0.29, 0.717) is 42.4 Å². The quantitative estimate of drug-likeness (QED) is 0.807. The first-order chi connectivity index (χ1) is 11.4. The van der Waals surface area contributed by atoms with Gasteiger partial charge in [0.1, 0.15) is 5.75 Å². The summed E-state index contributed by atoms with van der Waals surface area (Å²) >= 11 is 0. The normalized spacial score (nSPS) is 15.6. The van der Waals surface area contributed by atoms with E-state index in [1.807, 2.05) is 13.8 Å². The second-order valence-electron chi connectivity index (χ2n) is 6.61. The number of rotatable bonds is 6. The van der Waals surface area contributed by atoms with Gasteiger partial charge in [0.05, 0.1) is 18.8 Å². The van der Waals surface area contributed by atoms with Gasteiger partial charge in [-0.15, -0.1) is 12.4 Å². The molecule has 1 saturated heterocycles. The molecule has 1 atom stereocenters. The zero-order valence-corrected chi connectivity index (χ0v) is 15.9. The number of carbonyl (C=O) groups is 2. The Labute approximate surface area is 155 Å². The van der Waals surface area contributed by atoms with Crippen LogP contribution in [0.5, 0.6) is 5.75 Å². The molecule has 0 unspecified atom stereocenters. The Kier molecular flexibility index (Phi) is 8.19. The van der Waals surface area contributed by atoms with E-state index in [2.05, 4.69) is 5.32 Å². The van der Waals surface area contributed by atoms with Crippen LogP contribution in [0.4, 0.5) is 11.4 Å². The minimum Gasteiger partial charge on any atom is -0.495 e. The van der Waals surface area contributed by atoms with Crippen LogP contribution >= 0.6 is 12.4 Å². The molecular weight excluding hydrogens is 342 g/mol. The van der Waals surface area contributed by atoms with Crippen LogP contribution < -0.4 is 20.7 Å². The fourth-order valence-electron chi connectivity index (χ4n) is 2.89. The summed E-state index contributed by atoms with van der Waals surface area (Å²) in [6, 6.07) is 4.76. The standard InChI is InChI=1S/C18H27N3O3.ClH/c1-12(2)10-14(19)18(23)20-13-7-8-16(24-3)15(11-13)21-9-5-4-6-17(21)22;/h7-8,11-12,14H,4-6,9-10,19H2,1-3H3,(H,20,23);1H/t14-;/m0./s1. The lowest BCUT2D eigenvalue weighted by Crippen LogP contribution is -2.37. The third-order valence-electron chi connectivity index (χ3n) is 4.12. The summed E-state index contributed by atoms with van der Waals surface area (Å²) in [5, 5.41) is 2.84. The molecule has 1 fully saturated rings. The van der Waals surface area contributed by atoms with Crippen molar-refractivity contribution in [3.8, 4) is 5.75 Å². The number of carbonyl (C=O) groups excluding carboxylic acids is 2. The van der Waals surface area contributed by atoms with Crippen molar-refractivity contribution in [2.45, 2.75) is 45.6 Å². The summed E-state index contributed by atoms with van der Waals surface area (Å²) in [4.78, 5) is 26.1. The van der Waals surface area contributed by atoms with Crippen molar-refractivity contribution in [2.75, 3.05) is 23.9 Å². The molecule has 1 aliphatic rings. The van der Waals surface area contributed by atoms with E-state index in [1.54, 1.807) is 30.2 Å². The first kappa shape index (κ1) is 21.3. The number of anilines is 2. The van der Waals surface area contributed by atoms with Crippen LogP contribution in [0.2, 0.25) is 0 Å². The lowest BCUT2D eigenvalue weighted by Gasteiger charge is -2.28. The average molecular weight is 370 g/mol. The molecule has 0 spiro atoms. The van der Waals surface area contributed by atoms with Crippen molar-refractivity contribution in [2.24, 2.45) is 11.7 Å². The molecule has 3 N–H and O–H groups in total. The van der Waals surface area contributed by atoms with Gasteiger partial charge >= 0.3 is 0 Å². The minimum atomic E-state index is -0.549. The third kappa shape index (κ3) is 5.61. The number of nitrogens with two attached hydrogens (primary N) is 1. The highest BCUT2D eigenvalue weighted by Crippen LogP contribution is 2.33. The molecule has 0 radical (unpaired) electrons. The van der Waals surface area contributed by atoms with Gasteiger partial charge in [0, 0.05) is 18.7 Å². The largest absolute Gasteiger partial charge is 0.495 e. The second kappa shape index (κ2) is 9.63. The van der Waals surface area contributed by atoms with E-state index < -0.39 is 6.04 Å². The highest BCUT2D eigenvalue weighted by molar-refractivity contribution is 5.98. The van der Waals surface area contributed by atoms with Gasteiger partial charge in [-0.2, -0.15) is 0 Å². The van der Waals surface area contributed by atoms with Crippen molar-refractivity contribution in [1.82, 2.24) is 0 Å². The van der Waals surface area contributed by atoms with E-state index in [0.717, 1.165) is 12.8 Å². The molecule has 1 aromatic rings. The SMILES string of the molecule is COc1ccc(NC(=O)[C@@H](N)CC(C)C)cc1N1CCCCC1=O.Cl. The number of amides is 2. The zero-order chi connectivity index (χ0) is 17.7.